The predicted octanol–water partition coefficient (Wildman–Crippen LogP) is 3.41. The summed E-state index contributed by atoms with van der Waals surface area (Å²) in [5.41, 5.74) is 1.18. The first kappa shape index (κ1) is 21.6. The van der Waals surface area contributed by atoms with Gasteiger partial charge in [-0.25, -0.2) is 0 Å². The number of thiocarbonyl (C=S) groups is 1. The van der Waals surface area contributed by atoms with Crippen molar-refractivity contribution in [1.82, 2.24) is 9.47 Å². The van der Waals surface area contributed by atoms with Gasteiger partial charge in [0.2, 0.25) is 0 Å². The van der Waals surface area contributed by atoms with Crippen molar-refractivity contribution in [2.75, 3.05) is 18.0 Å². The molecule has 0 spiro atoms. The van der Waals surface area contributed by atoms with Crippen LogP contribution in [0.25, 0.3) is 6.08 Å². The second kappa shape index (κ2) is 8.33. The molecule has 0 saturated carbocycles. The fourth-order valence-electron chi connectivity index (χ4n) is 3.87. The van der Waals surface area contributed by atoms with Crippen molar-refractivity contribution in [3.63, 3.8) is 0 Å². The monoisotopic (exact) mass is 430 g/mol. The lowest BCUT2D eigenvalue weighted by Gasteiger charge is -2.34. The molecule has 2 aliphatic rings. The van der Waals surface area contributed by atoms with Crippen LogP contribution in [0.3, 0.4) is 0 Å². The number of hydrogen-bond donors (Lipinski definition) is 0. The molecule has 1 amide bonds. The van der Waals surface area contributed by atoms with Crippen LogP contribution in [0.2, 0.25) is 0 Å². The number of nitriles is 1. The van der Waals surface area contributed by atoms with E-state index in [1.54, 1.807) is 23.4 Å². The number of carbonyl (C=O) groups excluding carboxylic acids is 1. The van der Waals surface area contributed by atoms with Crippen molar-refractivity contribution in [1.29, 1.82) is 5.26 Å². The zero-order valence-corrected chi connectivity index (χ0v) is 19.1. The van der Waals surface area contributed by atoms with Crippen LogP contribution in [0.15, 0.2) is 9.70 Å². The normalized spacial score (nSPS) is 19.6. The zero-order chi connectivity index (χ0) is 21.5. The second-order valence-corrected chi connectivity index (χ2v) is 9.70. The first-order chi connectivity index (χ1) is 13.7. The van der Waals surface area contributed by atoms with Crippen LogP contribution < -0.4 is 10.5 Å². The maximum Gasteiger partial charge on any atom is 0.270 e. The molecule has 3 rings (SSSR count). The number of nitrogens with zero attached hydrogens (tertiary/aromatic N) is 4. The van der Waals surface area contributed by atoms with Crippen molar-refractivity contribution in [2.24, 2.45) is 13.0 Å². The van der Waals surface area contributed by atoms with Gasteiger partial charge in [-0.05, 0) is 51.2 Å². The summed E-state index contributed by atoms with van der Waals surface area (Å²) in [6.07, 6.45) is 3.90. The maximum absolute atomic E-state index is 12.9. The smallest absolute Gasteiger partial charge is 0.270 e. The van der Waals surface area contributed by atoms with E-state index in [9.17, 15) is 14.9 Å². The van der Waals surface area contributed by atoms with Gasteiger partial charge in [-0.2, -0.15) is 5.26 Å². The Kier molecular flexibility index (Phi) is 6.20. The highest BCUT2D eigenvalue weighted by Gasteiger charge is 2.34. The first-order valence-corrected chi connectivity index (χ1v) is 11.1. The minimum Gasteiger partial charge on any atom is -0.357 e. The predicted molar refractivity (Wildman–Crippen MR) is 122 cm³/mol. The Morgan fingerprint density at radius 2 is 1.90 bits per heavy atom. The van der Waals surface area contributed by atoms with Gasteiger partial charge in [0, 0.05) is 31.7 Å². The van der Waals surface area contributed by atoms with Gasteiger partial charge in [0.1, 0.15) is 21.8 Å². The molecule has 3 heterocycles. The summed E-state index contributed by atoms with van der Waals surface area (Å²) in [6, 6.07) is 2.02. The number of carbonyl (C=O) groups is 1. The molecule has 2 aliphatic heterocycles. The molecular formula is C21H26N4O2S2. The Morgan fingerprint density at radius 3 is 2.41 bits per heavy atom. The van der Waals surface area contributed by atoms with Crippen molar-refractivity contribution in [3.8, 4) is 6.07 Å². The maximum atomic E-state index is 12.9. The Bertz CT molecular complexity index is 995. The van der Waals surface area contributed by atoms with Crippen LogP contribution in [0.4, 0.5) is 5.82 Å². The Balaban J connectivity index is 2.19. The van der Waals surface area contributed by atoms with Gasteiger partial charge in [0.15, 0.2) is 0 Å². The number of amides is 1. The molecule has 0 aromatic carbocycles. The van der Waals surface area contributed by atoms with Crippen LogP contribution >= 0.6 is 24.0 Å². The first-order valence-electron chi connectivity index (χ1n) is 9.83. The average Bonchev–Trinajstić information content (AvgIpc) is 2.95. The highest BCUT2D eigenvalue weighted by atomic mass is 32.2. The molecule has 0 atom stereocenters. The fraction of sp³-hybridized carbons (Fsp3) is 0.524. The van der Waals surface area contributed by atoms with E-state index in [-0.39, 0.29) is 23.1 Å². The van der Waals surface area contributed by atoms with E-state index in [2.05, 4.69) is 11.8 Å². The SMILES string of the molecule is Cc1c(C=C2SC(=S)N(C(C)C)C2=O)c(N2CCC(C)CC2)n(C)c(=O)c1C#N. The third-order valence-electron chi connectivity index (χ3n) is 5.67. The van der Waals surface area contributed by atoms with E-state index in [0.29, 0.717) is 20.7 Å². The molecule has 29 heavy (non-hydrogen) atoms. The molecule has 0 unspecified atom stereocenters. The molecule has 0 N–H and O–H groups in total. The quantitative estimate of drug-likeness (QED) is 0.541. The molecule has 2 fully saturated rings. The fourth-order valence-corrected chi connectivity index (χ4v) is 5.38. The highest BCUT2D eigenvalue weighted by molar-refractivity contribution is 8.26. The van der Waals surface area contributed by atoms with Crippen LogP contribution in [-0.4, -0.2) is 38.8 Å². The zero-order valence-electron chi connectivity index (χ0n) is 17.5. The van der Waals surface area contributed by atoms with Crippen molar-refractivity contribution < 1.29 is 4.79 Å². The molecule has 2 saturated heterocycles. The summed E-state index contributed by atoms with van der Waals surface area (Å²) in [5.74, 6) is 1.29. The van der Waals surface area contributed by atoms with E-state index >= 15 is 0 Å². The van der Waals surface area contributed by atoms with Gasteiger partial charge in [0.05, 0.1) is 4.91 Å². The number of piperidine rings is 1. The summed E-state index contributed by atoms with van der Waals surface area (Å²) in [7, 11) is 1.70. The molecule has 1 aromatic heterocycles. The van der Waals surface area contributed by atoms with E-state index in [1.165, 1.54) is 11.8 Å². The van der Waals surface area contributed by atoms with Gasteiger partial charge < -0.3 is 4.90 Å². The van der Waals surface area contributed by atoms with Crippen molar-refractivity contribution >= 4 is 46.1 Å². The lowest BCUT2D eigenvalue weighted by atomic mass is 9.97. The molecule has 0 bridgehead atoms. The second-order valence-electron chi connectivity index (χ2n) is 8.03. The summed E-state index contributed by atoms with van der Waals surface area (Å²) >= 11 is 6.67. The Morgan fingerprint density at radius 1 is 1.28 bits per heavy atom. The van der Waals surface area contributed by atoms with Gasteiger partial charge in [-0.1, -0.05) is 30.9 Å². The lowest BCUT2D eigenvalue weighted by molar-refractivity contribution is -0.123. The number of thioether (sulfide) groups is 1. The van der Waals surface area contributed by atoms with E-state index in [4.69, 9.17) is 12.2 Å². The largest absolute Gasteiger partial charge is 0.357 e. The number of aromatic nitrogens is 1. The van der Waals surface area contributed by atoms with E-state index < -0.39 is 0 Å². The number of rotatable bonds is 3. The number of hydrogen-bond acceptors (Lipinski definition) is 6. The van der Waals surface area contributed by atoms with Gasteiger partial charge >= 0.3 is 0 Å². The molecule has 0 radical (unpaired) electrons. The third-order valence-corrected chi connectivity index (χ3v) is 7.00. The summed E-state index contributed by atoms with van der Waals surface area (Å²) in [4.78, 5) is 30.0. The summed E-state index contributed by atoms with van der Waals surface area (Å²) in [5, 5.41) is 9.56. The van der Waals surface area contributed by atoms with Crippen LogP contribution in [-0.2, 0) is 11.8 Å². The molecular weight excluding hydrogens is 404 g/mol. The highest BCUT2D eigenvalue weighted by Crippen LogP contribution is 2.37. The average molecular weight is 431 g/mol. The minimum atomic E-state index is -0.300. The lowest BCUT2D eigenvalue weighted by Crippen LogP contribution is -2.38. The molecule has 8 heteroatoms. The molecule has 154 valence electrons. The topological polar surface area (TPSA) is 69.3 Å². The number of anilines is 1. The third kappa shape index (κ3) is 3.86. The number of pyridine rings is 1. The Hall–Kier alpha value is -2.11. The van der Waals surface area contributed by atoms with Gasteiger partial charge in [0.25, 0.3) is 11.5 Å². The Labute approximate surface area is 181 Å². The van der Waals surface area contributed by atoms with E-state index in [0.717, 1.165) is 37.3 Å². The summed E-state index contributed by atoms with van der Waals surface area (Å²) in [6.45, 7) is 9.56. The standard InChI is InChI=1S/C21H26N4O2S2/c1-12(2)25-20(27)17(29-21(25)28)10-15-14(4)16(11-22)19(26)23(5)18(15)24-8-6-13(3)7-9-24/h10,12-13H,6-9H2,1-5H3. The van der Waals surface area contributed by atoms with Crippen molar-refractivity contribution in [3.05, 3.63) is 31.9 Å². The summed E-state index contributed by atoms with van der Waals surface area (Å²) < 4.78 is 2.09. The van der Waals surface area contributed by atoms with Crippen LogP contribution in [0.5, 0.6) is 0 Å². The molecule has 0 aliphatic carbocycles. The van der Waals surface area contributed by atoms with Gasteiger partial charge in [-0.3, -0.25) is 19.1 Å². The molecule has 1 aromatic rings. The van der Waals surface area contributed by atoms with Crippen LogP contribution in [0, 0.1) is 24.2 Å². The minimum absolute atomic E-state index is 0.0210. The van der Waals surface area contributed by atoms with Crippen LogP contribution in [0.1, 0.15) is 50.3 Å². The molecule has 6 nitrogen and oxygen atoms in total. The van der Waals surface area contributed by atoms with Gasteiger partial charge in [-0.15, -0.1) is 0 Å². The van der Waals surface area contributed by atoms with Crippen molar-refractivity contribution in [2.45, 2.75) is 46.6 Å². The van der Waals surface area contributed by atoms with E-state index in [1.807, 2.05) is 26.0 Å².